The number of aliphatic carboxylic acids is 1. The molecule has 3 aromatic heterocycles. The van der Waals surface area contributed by atoms with E-state index in [4.69, 9.17) is 5.11 Å². The number of imidazole rings is 1. The predicted octanol–water partition coefficient (Wildman–Crippen LogP) is 2.20. The van der Waals surface area contributed by atoms with E-state index in [-0.39, 0.29) is 11.8 Å². The summed E-state index contributed by atoms with van der Waals surface area (Å²) >= 11 is 2.83. The number of nitrogens with zero attached hydrogens (tertiary/aromatic N) is 2. The highest BCUT2D eigenvalue weighted by molar-refractivity contribution is 7.21. The summed E-state index contributed by atoms with van der Waals surface area (Å²) in [7, 11) is 0. The highest BCUT2D eigenvalue weighted by Gasteiger charge is 2.37. The van der Waals surface area contributed by atoms with Crippen molar-refractivity contribution < 1.29 is 14.7 Å². The Morgan fingerprint density at radius 2 is 2.29 bits per heavy atom. The molecule has 0 radical (unpaired) electrons. The molecule has 2 N–H and O–H groups in total. The van der Waals surface area contributed by atoms with E-state index in [1.54, 1.807) is 6.07 Å². The summed E-state index contributed by atoms with van der Waals surface area (Å²) in [6.45, 7) is 0. The molecule has 0 saturated heterocycles. The van der Waals surface area contributed by atoms with E-state index in [9.17, 15) is 9.59 Å². The number of carbonyl (C=O) groups is 2. The molecule has 21 heavy (non-hydrogen) atoms. The second kappa shape index (κ2) is 4.54. The zero-order valence-electron chi connectivity index (χ0n) is 10.8. The molecule has 0 aliphatic heterocycles. The molecule has 108 valence electrons. The van der Waals surface area contributed by atoms with E-state index >= 15 is 0 Å². The second-order valence-electron chi connectivity index (χ2n) is 5.10. The summed E-state index contributed by atoms with van der Waals surface area (Å²) in [6, 6.07) is 0.990. The molecule has 4 rings (SSSR count). The monoisotopic (exact) mass is 321 g/mol. The zero-order chi connectivity index (χ0) is 14.6. The molecule has 1 aliphatic rings. The Morgan fingerprint density at radius 1 is 1.48 bits per heavy atom. The molecule has 6 nitrogen and oxygen atoms in total. The van der Waals surface area contributed by atoms with Crippen LogP contribution in [-0.4, -0.2) is 32.4 Å². The quantitative estimate of drug-likeness (QED) is 0.771. The van der Waals surface area contributed by atoms with Crippen molar-refractivity contribution in [2.45, 2.75) is 18.9 Å². The number of nitrogens with one attached hydrogen (secondary N) is 1. The fourth-order valence-electron chi connectivity index (χ4n) is 2.38. The van der Waals surface area contributed by atoms with Crippen LogP contribution in [0.5, 0.6) is 0 Å². The van der Waals surface area contributed by atoms with E-state index in [0.29, 0.717) is 4.88 Å². The Kier molecular flexibility index (Phi) is 2.76. The number of carbonyl (C=O) groups excluding carboxylic acids is 1. The number of aromatic nitrogens is 2. The molecule has 8 heteroatoms. The molecular formula is C13H11N3O3S2. The minimum Gasteiger partial charge on any atom is -0.480 e. The van der Waals surface area contributed by atoms with E-state index in [1.165, 1.54) is 22.7 Å². The third kappa shape index (κ3) is 2.11. The number of hydrogen-bond acceptors (Lipinski definition) is 5. The summed E-state index contributed by atoms with van der Waals surface area (Å²) in [5.41, 5.74) is 0.889. The standard InChI is InChI=1S/C13H11N3O3S2/c17-10(14-9(12(18)19)6-1-2-6)8-5-7-11(21-8)15-13-16(7)3-4-20-13/h3-6,9H,1-2H2,(H,14,17)(H,18,19). The number of amides is 1. The van der Waals surface area contributed by atoms with Crippen LogP contribution in [0.1, 0.15) is 22.5 Å². The molecule has 1 saturated carbocycles. The summed E-state index contributed by atoms with van der Waals surface area (Å²) in [4.78, 5) is 30.1. The molecule has 0 bridgehead atoms. The van der Waals surface area contributed by atoms with Gasteiger partial charge in [-0.15, -0.1) is 22.7 Å². The van der Waals surface area contributed by atoms with Crippen molar-refractivity contribution in [3.8, 4) is 0 Å². The van der Waals surface area contributed by atoms with Gasteiger partial charge in [0.1, 0.15) is 10.9 Å². The number of fused-ring (bicyclic) bond motifs is 3. The molecule has 1 amide bonds. The predicted molar refractivity (Wildman–Crippen MR) is 80.1 cm³/mol. The lowest BCUT2D eigenvalue weighted by molar-refractivity contribution is -0.139. The smallest absolute Gasteiger partial charge is 0.326 e. The Morgan fingerprint density at radius 3 is 3.00 bits per heavy atom. The van der Waals surface area contributed by atoms with Gasteiger partial charge < -0.3 is 10.4 Å². The average molecular weight is 321 g/mol. The van der Waals surface area contributed by atoms with E-state index in [0.717, 1.165) is 28.1 Å². The lowest BCUT2D eigenvalue weighted by atomic mass is 10.2. The number of thiazole rings is 1. The van der Waals surface area contributed by atoms with Gasteiger partial charge in [-0.3, -0.25) is 9.20 Å². The molecule has 0 aromatic carbocycles. The first-order valence-corrected chi connectivity index (χ1v) is 8.22. The van der Waals surface area contributed by atoms with Gasteiger partial charge >= 0.3 is 5.97 Å². The van der Waals surface area contributed by atoms with Crippen LogP contribution in [0.15, 0.2) is 17.6 Å². The highest BCUT2D eigenvalue weighted by atomic mass is 32.1. The van der Waals surface area contributed by atoms with E-state index in [2.05, 4.69) is 10.3 Å². The van der Waals surface area contributed by atoms with Gasteiger partial charge in [-0.1, -0.05) is 0 Å². The Labute approximate surface area is 127 Å². The fraction of sp³-hybridized carbons (Fsp3) is 0.308. The van der Waals surface area contributed by atoms with Crippen LogP contribution in [0.2, 0.25) is 0 Å². The normalized spacial score (nSPS) is 16.4. The first-order valence-electron chi connectivity index (χ1n) is 6.52. The molecule has 3 heterocycles. The van der Waals surface area contributed by atoms with Crippen molar-refractivity contribution in [3.05, 3.63) is 22.5 Å². The van der Waals surface area contributed by atoms with Crippen molar-refractivity contribution in [3.63, 3.8) is 0 Å². The van der Waals surface area contributed by atoms with E-state index < -0.39 is 12.0 Å². The van der Waals surface area contributed by atoms with Gasteiger partial charge in [0, 0.05) is 11.6 Å². The summed E-state index contributed by atoms with van der Waals surface area (Å²) in [5.74, 6) is -1.23. The minimum atomic E-state index is -0.964. The van der Waals surface area contributed by atoms with Crippen LogP contribution in [0, 0.1) is 5.92 Å². The van der Waals surface area contributed by atoms with Crippen LogP contribution >= 0.6 is 22.7 Å². The molecular weight excluding hydrogens is 310 g/mol. The van der Waals surface area contributed by atoms with Gasteiger partial charge in [-0.05, 0) is 24.8 Å². The van der Waals surface area contributed by atoms with Crippen LogP contribution in [0.25, 0.3) is 15.3 Å². The van der Waals surface area contributed by atoms with Crippen molar-refractivity contribution in [2.75, 3.05) is 0 Å². The Bertz CT molecular complexity index is 859. The van der Waals surface area contributed by atoms with Gasteiger partial charge in [-0.2, -0.15) is 0 Å². The molecule has 1 atom stereocenters. The first kappa shape index (κ1) is 12.8. The number of carboxylic acids is 1. The average Bonchev–Trinajstić information content (AvgIpc) is 2.89. The molecule has 0 spiro atoms. The lowest BCUT2D eigenvalue weighted by Gasteiger charge is -2.12. The van der Waals surface area contributed by atoms with Gasteiger partial charge in [0.15, 0.2) is 4.96 Å². The topological polar surface area (TPSA) is 83.7 Å². The van der Waals surface area contributed by atoms with Crippen LogP contribution in [-0.2, 0) is 4.79 Å². The summed E-state index contributed by atoms with van der Waals surface area (Å²) < 4.78 is 1.93. The molecule has 3 aromatic rings. The molecule has 1 fully saturated rings. The van der Waals surface area contributed by atoms with E-state index in [1.807, 2.05) is 16.0 Å². The van der Waals surface area contributed by atoms with Gasteiger partial charge in [0.2, 0.25) is 0 Å². The second-order valence-corrected chi connectivity index (χ2v) is 7.00. The maximum Gasteiger partial charge on any atom is 0.326 e. The van der Waals surface area contributed by atoms with Crippen molar-refractivity contribution in [1.82, 2.24) is 14.7 Å². The highest BCUT2D eigenvalue weighted by Crippen LogP contribution is 2.33. The number of rotatable bonds is 4. The maximum atomic E-state index is 12.2. The Balaban J connectivity index is 1.63. The number of carboxylic acid groups (broad SMARTS) is 1. The van der Waals surface area contributed by atoms with Crippen LogP contribution < -0.4 is 5.32 Å². The van der Waals surface area contributed by atoms with Crippen LogP contribution in [0.3, 0.4) is 0 Å². The third-order valence-electron chi connectivity index (χ3n) is 3.61. The fourth-order valence-corrected chi connectivity index (χ4v) is 4.09. The number of thiophene rings is 1. The van der Waals surface area contributed by atoms with Gasteiger partial charge in [-0.25, -0.2) is 9.78 Å². The minimum absolute atomic E-state index is 0.0702. The lowest BCUT2D eigenvalue weighted by Crippen LogP contribution is -2.42. The first-order chi connectivity index (χ1) is 10.1. The third-order valence-corrected chi connectivity index (χ3v) is 5.38. The molecule has 1 unspecified atom stereocenters. The summed E-state index contributed by atoms with van der Waals surface area (Å²) in [6.07, 6.45) is 3.64. The van der Waals surface area contributed by atoms with Gasteiger partial charge in [0.25, 0.3) is 5.91 Å². The SMILES string of the molecule is O=C(NC(C(=O)O)C1CC1)c1cc2c(nc3sccn32)s1. The Hall–Kier alpha value is -1.93. The summed E-state index contributed by atoms with van der Waals surface area (Å²) in [5, 5.41) is 13.7. The largest absolute Gasteiger partial charge is 0.480 e. The maximum absolute atomic E-state index is 12.2. The van der Waals surface area contributed by atoms with Gasteiger partial charge in [0.05, 0.1) is 10.4 Å². The van der Waals surface area contributed by atoms with Crippen molar-refractivity contribution >= 4 is 49.9 Å². The van der Waals surface area contributed by atoms with Crippen LogP contribution in [0.4, 0.5) is 0 Å². The molecule has 1 aliphatic carbocycles. The zero-order valence-corrected chi connectivity index (χ0v) is 12.4. The van der Waals surface area contributed by atoms with Crippen molar-refractivity contribution in [1.29, 1.82) is 0 Å². The number of hydrogen-bond donors (Lipinski definition) is 2. The van der Waals surface area contributed by atoms with Crippen molar-refractivity contribution in [2.24, 2.45) is 5.92 Å².